The van der Waals surface area contributed by atoms with E-state index in [0.717, 1.165) is 22.9 Å². The summed E-state index contributed by atoms with van der Waals surface area (Å²) in [6.07, 6.45) is 0.831. The van der Waals surface area contributed by atoms with E-state index in [2.05, 4.69) is 5.32 Å². The Morgan fingerprint density at radius 3 is 2.57 bits per heavy atom. The number of aromatic carboxylic acids is 1. The Bertz CT molecular complexity index is 709. The molecule has 0 radical (unpaired) electrons. The number of amides is 1. The molecule has 110 valence electrons. The summed E-state index contributed by atoms with van der Waals surface area (Å²) in [4.78, 5) is 24.4. The van der Waals surface area contributed by atoms with E-state index in [1.807, 2.05) is 13.8 Å². The van der Waals surface area contributed by atoms with Gasteiger partial charge in [0.05, 0.1) is 16.1 Å². The molecule has 2 rings (SSSR count). The van der Waals surface area contributed by atoms with Crippen molar-refractivity contribution in [2.24, 2.45) is 0 Å². The van der Waals surface area contributed by atoms with Gasteiger partial charge in [0.2, 0.25) is 0 Å². The predicted molar refractivity (Wildman–Crippen MR) is 79.7 cm³/mol. The molecule has 0 saturated carbocycles. The first-order chi connectivity index (χ1) is 9.92. The smallest absolute Gasteiger partial charge is 0.335 e. The van der Waals surface area contributed by atoms with Crippen LogP contribution in [0.1, 0.15) is 37.4 Å². The first-order valence-electron chi connectivity index (χ1n) is 6.36. The average molecular weight is 307 g/mol. The highest BCUT2D eigenvalue weighted by Gasteiger charge is 2.15. The molecule has 6 heteroatoms. The number of carbonyl (C=O) groups is 2. The van der Waals surface area contributed by atoms with Gasteiger partial charge in [-0.3, -0.25) is 4.79 Å². The Morgan fingerprint density at radius 1 is 1.33 bits per heavy atom. The van der Waals surface area contributed by atoms with E-state index in [0.29, 0.717) is 4.88 Å². The van der Waals surface area contributed by atoms with Crippen molar-refractivity contribution in [3.05, 3.63) is 51.0 Å². The SMILES string of the molecule is CCc1cc(C(=O)Nc2ccc(C(=O)O)cc2F)sc1C. The number of carboxylic acids is 1. The molecular weight excluding hydrogens is 293 g/mol. The lowest BCUT2D eigenvalue weighted by Crippen LogP contribution is -2.12. The van der Waals surface area contributed by atoms with Crippen molar-refractivity contribution in [1.29, 1.82) is 0 Å². The molecule has 0 unspecified atom stereocenters. The van der Waals surface area contributed by atoms with Crippen LogP contribution in [0.4, 0.5) is 10.1 Å². The first-order valence-corrected chi connectivity index (χ1v) is 7.17. The number of thiophene rings is 1. The normalized spacial score (nSPS) is 10.4. The number of hydrogen-bond acceptors (Lipinski definition) is 3. The summed E-state index contributed by atoms with van der Waals surface area (Å²) < 4.78 is 13.8. The van der Waals surface area contributed by atoms with Crippen molar-refractivity contribution in [1.82, 2.24) is 0 Å². The molecular formula is C15H14FNO3S. The van der Waals surface area contributed by atoms with E-state index in [1.165, 1.54) is 23.5 Å². The highest BCUT2D eigenvalue weighted by molar-refractivity contribution is 7.14. The van der Waals surface area contributed by atoms with Gasteiger partial charge in [0.25, 0.3) is 5.91 Å². The van der Waals surface area contributed by atoms with Crippen molar-refractivity contribution in [3.8, 4) is 0 Å². The van der Waals surface area contributed by atoms with Crippen LogP contribution in [-0.2, 0) is 6.42 Å². The zero-order valence-electron chi connectivity index (χ0n) is 11.6. The van der Waals surface area contributed by atoms with E-state index in [9.17, 15) is 14.0 Å². The van der Waals surface area contributed by atoms with Crippen molar-refractivity contribution in [3.63, 3.8) is 0 Å². The predicted octanol–water partition coefficient (Wildman–Crippen LogP) is 3.71. The van der Waals surface area contributed by atoms with Crippen LogP contribution in [0, 0.1) is 12.7 Å². The molecule has 1 aromatic carbocycles. The van der Waals surface area contributed by atoms with Crippen molar-refractivity contribution >= 4 is 28.9 Å². The number of halogens is 1. The molecule has 1 amide bonds. The number of carbonyl (C=O) groups excluding carboxylic acids is 1. The molecule has 1 aromatic heterocycles. The van der Waals surface area contributed by atoms with Gasteiger partial charge in [-0.15, -0.1) is 11.3 Å². The minimum Gasteiger partial charge on any atom is -0.478 e. The van der Waals surface area contributed by atoms with Crippen LogP contribution < -0.4 is 5.32 Å². The summed E-state index contributed by atoms with van der Waals surface area (Å²) in [6.45, 7) is 3.93. The van der Waals surface area contributed by atoms with Crippen LogP contribution in [0.3, 0.4) is 0 Å². The maximum absolute atomic E-state index is 13.8. The van der Waals surface area contributed by atoms with Crippen molar-refractivity contribution < 1.29 is 19.1 Å². The zero-order chi connectivity index (χ0) is 15.6. The lowest BCUT2D eigenvalue weighted by Gasteiger charge is -2.05. The molecule has 0 saturated heterocycles. The highest BCUT2D eigenvalue weighted by atomic mass is 32.1. The van der Waals surface area contributed by atoms with E-state index < -0.39 is 17.7 Å². The Balaban J connectivity index is 2.21. The van der Waals surface area contributed by atoms with Gasteiger partial charge in [-0.2, -0.15) is 0 Å². The van der Waals surface area contributed by atoms with Crippen LogP contribution in [0.5, 0.6) is 0 Å². The van der Waals surface area contributed by atoms with Gasteiger partial charge in [0.15, 0.2) is 0 Å². The zero-order valence-corrected chi connectivity index (χ0v) is 12.4. The second-order valence-electron chi connectivity index (χ2n) is 4.50. The quantitative estimate of drug-likeness (QED) is 0.905. The highest BCUT2D eigenvalue weighted by Crippen LogP contribution is 2.24. The second kappa shape index (κ2) is 6.05. The van der Waals surface area contributed by atoms with Gasteiger partial charge in [-0.05, 0) is 43.2 Å². The van der Waals surface area contributed by atoms with E-state index in [4.69, 9.17) is 5.11 Å². The van der Waals surface area contributed by atoms with E-state index in [-0.39, 0.29) is 11.3 Å². The average Bonchev–Trinajstić information content (AvgIpc) is 2.82. The molecule has 0 spiro atoms. The summed E-state index contributed by atoms with van der Waals surface area (Å²) in [7, 11) is 0. The maximum Gasteiger partial charge on any atom is 0.335 e. The molecule has 0 atom stereocenters. The lowest BCUT2D eigenvalue weighted by molar-refractivity contribution is 0.0696. The number of benzene rings is 1. The minimum atomic E-state index is -1.21. The Labute approximate surface area is 125 Å². The van der Waals surface area contributed by atoms with Gasteiger partial charge in [-0.25, -0.2) is 9.18 Å². The van der Waals surface area contributed by atoms with Gasteiger partial charge in [0.1, 0.15) is 5.82 Å². The second-order valence-corrected chi connectivity index (χ2v) is 5.76. The van der Waals surface area contributed by atoms with Crippen LogP contribution in [0.25, 0.3) is 0 Å². The fourth-order valence-electron chi connectivity index (χ4n) is 1.92. The number of rotatable bonds is 4. The number of carboxylic acid groups (broad SMARTS) is 1. The van der Waals surface area contributed by atoms with Crippen LogP contribution in [-0.4, -0.2) is 17.0 Å². The molecule has 0 aliphatic carbocycles. The molecule has 0 bridgehead atoms. The Kier molecular flexibility index (Phi) is 4.37. The third kappa shape index (κ3) is 3.28. The number of hydrogen-bond donors (Lipinski definition) is 2. The van der Waals surface area contributed by atoms with E-state index in [1.54, 1.807) is 6.07 Å². The molecule has 2 N–H and O–H groups in total. The van der Waals surface area contributed by atoms with Crippen LogP contribution >= 0.6 is 11.3 Å². The largest absolute Gasteiger partial charge is 0.478 e. The van der Waals surface area contributed by atoms with Crippen molar-refractivity contribution in [2.75, 3.05) is 5.32 Å². The van der Waals surface area contributed by atoms with Gasteiger partial charge in [0, 0.05) is 4.88 Å². The summed E-state index contributed by atoms with van der Waals surface area (Å²) >= 11 is 1.35. The number of aryl methyl sites for hydroxylation is 2. The molecule has 21 heavy (non-hydrogen) atoms. The third-order valence-corrected chi connectivity index (χ3v) is 4.18. The molecule has 4 nitrogen and oxygen atoms in total. The number of anilines is 1. The van der Waals surface area contributed by atoms with Gasteiger partial charge >= 0.3 is 5.97 Å². The molecule has 0 fully saturated rings. The Hall–Kier alpha value is -2.21. The number of nitrogens with one attached hydrogen (secondary N) is 1. The Morgan fingerprint density at radius 2 is 2.05 bits per heavy atom. The van der Waals surface area contributed by atoms with Gasteiger partial charge in [-0.1, -0.05) is 6.92 Å². The standard InChI is InChI=1S/C15H14FNO3S/c1-3-9-7-13(21-8(9)2)14(18)17-12-5-4-10(15(19)20)6-11(12)16/h4-7H,3H2,1-2H3,(H,17,18)(H,19,20). The monoisotopic (exact) mass is 307 g/mol. The maximum atomic E-state index is 13.8. The first kappa shape index (κ1) is 15.2. The molecule has 0 aliphatic heterocycles. The van der Waals surface area contributed by atoms with Crippen molar-refractivity contribution in [2.45, 2.75) is 20.3 Å². The fraction of sp³-hybridized carbons (Fsp3) is 0.200. The van der Waals surface area contributed by atoms with Crippen LogP contribution in [0.2, 0.25) is 0 Å². The van der Waals surface area contributed by atoms with E-state index >= 15 is 0 Å². The molecule has 0 aliphatic rings. The summed E-state index contributed by atoms with van der Waals surface area (Å²) in [5, 5.41) is 11.2. The summed E-state index contributed by atoms with van der Waals surface area (Å²) in [6, 6.07) is 5.17. The molecule has 2 aromatic rings. The summed E-state index contributed by atoms with van der Waals surface area (Å²) in [5.41, 5.74) is 0.895. The van der Waals surface area contributed by atoms with Crippen LogP contribution in [0.15, 0.2) is 24.3 Å². The topological polar surface area (TPSA) is 66.4 Å². The molecule has 1 heterocycles. The lowest BCUT2D eigenvalue weighted by atomic mass is 10.2. The third-order valence-electron chi connectivity index (χ3n) is 3.09. The fourth-order valence-corrected chi connectivity index (χ4v) is 2.93. The van der Waals surface area contributed by atoms with Gasteiger partial charge < -0.3 is 10.4 Å². The summed E-state index contributed by atoms with van der Waals surface area (Å²) in [5.74, 6) is -2.38. The minimum absolute atomic E-state index is 0.0332.